The van der Waals surface area contributed by atoms with E-state index in [0.717, 1.165) is 49.2 Å². The first-order chi connectivity index (χ1) is 15.6. The lowest BCUT2D eigenvalue weighted by Gasteiger charge is -2.36. The molecule has 0 radical (unpaired) electrons. The van der Waals surface area contributed by atoms with E-state index in [9.17, 15) is 9.18 Å². The Kier molecular flexibility index (Phi) is 5.93. The van der Waals surface area contributed by atoms with Crippen LogP contribution in [0.3, 0.4) is 0 Å². The van der Waals surface area contributed by atoms with Gasteiger partial charge in [0.05, 0.1) is 0 Å². The van der Waals surface area contributed by atoms with Gasteiger partial charge in [0.25, 0.3) is 0 Å². The molecular weight excluding hydrogens is 409 g/mol. The van der Waals surface area contributed by atoms with Crippen LogP contribution in [0.15, 0.2) is 30.3 Å². The average molecular weight is 440 g/mol. The van der Waals surface area contributed by atoms with E-state index in [1.54, 1.807) is 12.1 Å². The van der Waals surface area contributed by atoms with Gasteiger partial charge in [-0.2, -0.15) is 0 Å². The molecule has 2 unspecified atom stereocenters. The summed E-state index contributed by atoms with van der Waals surface area (Å²) in [6.45, 7) is 6.89. The molecule has 32 heavy (non-hydrogen) atoms. The first kappa shape index (κ1) is 21.1. The van der Waals surface area contributed by atoms with Gasteiger partial charge in [-0.1, -0.05) is 12.1 Å². The maximum Gasteiger partial charge on any atom is 0.241 e. The fourth-order valence-corrected chi connectivity index (χ4v) is 4.81. The van der Waals surface area contributed by atoms with Gasteiger partial charge in [0.1, 0.15) is 29.3 Å². The molecule has 3 aliphatic rings. The van der Waals surface area contributed by atoms with Crippen LogP contribution in [-0.4, -0.2) is 66.1 Å². The molecule has 1 aromatic heterocycles. The molecule has 9 heteroatoms. The van der Waals surface area contributed by atoms with Crippen LogP contribution < -0.4 is 20.7 Å². The van der Waals surface area contributed by atoms with Crippen molar-refractivity contribution in [3.63, 3.8) is 0 Å². The number of hydrogen-bond donors (Lipinski definition) is 2. The van der Waals surface area contributed by atoms with Gasteiger partial charge in [-0.15, -0.1) is 0 Å². The van der Waals surface area contributed by atoms with Gasteiger partial charge >= 0.3 is 0 Å². The zero-order valence-electron chi connectivity index (χ0n) is 18.4. The summed E-state index contributed by atoms with van der Waals surface area (Å²) in [6.07, 6.45) is 3.07. The first-order valence-corrected chi connectivity index (χ1v) is 11.5. The number of piperazine rings is 1. The van der Waals surface area contributed by atoms with Crippen molar-refractivity contribution < 1.29 is 9.18 Å². The van der Waals surface area contributed by atoms with Crippen LogP contribution in [0.4, 0.5) is 16.0 Å². The molecule has 1 aromatic carbocycles. The van der Waals surface area contributed by atoms with Crippen molar-refractivity contribution in [2.24, 2.45) is 0 Å². The minimum absolute atomic E-state index is 0.00107. The molecule has 4 heterocycles. The maximum absolute atomic E-state index is 13.2. The van der Waals surface area contributed by atoms with Gasteiger partial charge in [-0.3, -0.25) is 4.79 Å². The number of amides is 1. The van der Waals surface area contributed by atoms with Crippen LogP contribution >= 0.6 is 0 Å². The lowest BCUT2D eigenvalue weighted by atomic mass is 10.0. The monoisotopic (exact) mass is 439 g/mol. The fraction of sp³-hybridized carbons (Fsp3) is 0.522. The van der Waals surface area contributed by atoms with Crippen molar-refractivity contribution in [2.45, 2.75) is 38.3 Å². The molecule has 5 rings (SSSR count). The Morgan fingerprint density at radius 2 is 1.56 bits per heavy atom. The number of nitrogens with zero attached hydrogens (tertiary/aromatic N) is 5. The molecule has 0 saturated carbocycles. The molecule has 3 fully saturated rings. The third kappa shape index (κ3) is 4.40. The van der Waals surface area contributed by atoms with Gasteiger partial charge in [-0.05, 0) is 43.9 Å². The highest BCUT2D eigenvalue weighted by Gasteiger charge is 2.34. The SMILES string of the molecule is Cc1nc(N2CCCC2)cc(N2CCN(C(=O)C3CC(c4ccc(F)cc4)NN3)CC2)n1. The Bertz CT molecular complexity index is 955. The predicted molar refractivity (Wildman–Crippen MR) is 121 cm³/mol. The van der Waals surface area contributed by atoms with Gasteiger partial charge < -0.3 is 14.7 Å². The van der Waals surface area contributed by atoms with E-state index in [2.05, 4.69) is 36.7 Å². The van der Waals surface area contributed by atoms with Crippen molar-refractivity contribution >= 4 is 17.5 Å². The molecule has 2 aromatic rings. The standard InChI is InChI=1S/C23H30FN7O/c1-16-25-21(29-8-2-3-9-29)15-22(26-16)30-10-12-31(13-11-30)23(32)20-14-19(27-28-20)17-4-6-18(24)7-5-17/h4-7,15,19-20,27-28H,2-3,8-14H2,1H3. The number of hydrogen-bond acceptors (Lipinski definition) is 7. The minimum atomic E-state index is -0.278. The summed E-state index contributed by atoms with van der Waals surface area (Å²) < 4.78 is 13.2. The van der Waals surface area contributed by atoms with Crippen LogP contribution in [0.2, 0.25) is 0 Å². The lowest BCUT2D eigenvalue weighted by molar-refractivity contribution is -0.133. The van der Waals surface area contributed by atoms with E-state index in [1.165, 1.54) is 25.0 Å². The summed E-state index contributed by atoms with van der Waals surface area (Å²) in [5.41, 5.74) is 7.29. The highest BCUT2D eigenvalue weighted by atomic mass is 19.1. The number of benzene rings is 1. The Labute approximate surface area is 187 Å². The van der Waals surface area contributed by atoms with E-state index < -0.39 is 0 Å². The quantitative estimate of drug-likeness (QED) is 0.752. The Balaban J connectivity index is 1.18. The smallest absolute Gasteiger partial charge is 0.241 e. The Hall–Kier alpha value is -2.78. The topological polar surface area (TPSA) is 76.6 Å². The summed E-state index contributed by atoms with van der Waals surface area (Å²) in [5.74, 6) is 2.60. The van der Waals surface area contributed by atoms with Crippen LogP contribution in [0.5, 0.6) is 0 Å². The Morgan fingerprint density at radius 1 is 0.938 bits per heavy atom. The molecular formula is C23H30FN7O. The van der Waals surface area contributed by atoms with Crippen molar-refractivity contribution in [1.82, 2.24) is 25.7 Å². The summed E-state index contributed by atoms with van der Waals surface area (Å²) in [4.78, 5) is 28.9. The number of halogens is 1. The zero-order valence-corrected chi connectivity index (χ0v) is 18.4. The van der Waals surface area contributed by atoms with E-state index in [1.807, 2.05) is 11.8 Å². The molecule has 3 saturated heterocycles. The number of aromatic nitrogens is 2. The minimum Gasteiger partial charge on any atom is -0.356 e. The molecule has 2 N–H and O–H groups in total. The number of rotatable bonds is 4. The fourth-order valence-electron chi connectivity index (χ4n) is 4.81. The number of aryl methyl sites for hydroxylation is 1. The predicted octanol–water partition coefficient (Wildman–Crippen LogP) is 1.78. The normalized spacial score (nSPS) is 23.8. The highest BCUT2D eigenvalue weighted by Crippen LogP contribution is 2.25. The number of hydrazine groups is 1. The third-order valence-electron chi connectivity index (χ3n) is 6.63. The largest absolute Gasteiger partial charge is 0.356 e. The number of nitrogens with one attached hydrogen (secondary N) is 2. The second-order valence-electron chi connectivity index (χ2n) is 8.82. The van der Waals surface area contributed by atoms with Gasteiger partial charge in [0, 0.05) is 51.4 Å². The number of anilines is 2. The van der Waals surface area contributed by atoms with Gasteiger partial charge in [0.2, 0.25) is 5.91 Å². The lowest BCUT2D eigenvalue weighted by Crippen LogP contribution is -2.54. The summed E-state index contributed by atoms with van der Waals surface area (Å²) >= 11 is 0. The number of carbonyl (C=O) groups excluding carboxylic acids is 1. The van der Waals surface area contributed by atoms with Crippen LogP contribution in [0.25, 0.3) is 0 Å². The zero-order chi connectivity index (χ0) is 22.1. The molecule has 1 amide bonds. The molecule has 0 spiro atoms. The third-order valence-corrected chi connectivity index (χ3v) is 6.63. The van der Waals surface area contributed by atoms with Crippen molar-refractivity contribution in [2.75, 3.05) is 49.1 Å². The molecule has 3 aliphatic heterocycles. The van der Waals surface area contributed by atoms with Crippen LogP contribution in [-0.2, 0) is 4.79 Å². The van der Waals surface area contributed by atoms with Crippen molar-refractivity contribution in [3.05, 3.63) is 47.5 Å². The van der Waals surface area contributed by atoms with Crippen molar-refractivity contribution in [3.8, 4) is 0 Å². The molecule has 0 bridgehead atoms. The second-order valence-corrected chi connectivity index (χ2v) is 8.82. The van der Waals surface area contributed by atoms with Gasteiger partial charge in [0.15, 0.2) is 0 Å². The van der Waals surface area contributed by atoms with E-state index >= 15 is 0 Å². The second kappa shape index (κ2) is 8.99. The number of carbonyl (C=O) groups is 1. The average Bonchev–Trinajstić information content (AvgIpc) is 3.52. The maximum atomic E-state index is 13.2. The summed E-state index contributed by atoms with van der Waals surface area (Å²) in [6, 6.07) is 8.25. The van der Waals surface area contributed by atoms with Gasteiger partial charge in [-0.25, -0.2) is 25.2 Å². The molecule has 2 atom stereocenters. The molecule has 8 nitrogen and oxygen atoms in total. The van der Waals surface area contributed by atoms with E-state index in [-0.39, 0.29) is 23.8 Å². The summed E-state index contributed by atoms with van der Waals surface area (Å²) in [7, 11) is 0. The molecule has 170 valence electrons. The van der Waals surface area contributed by atoms with Crippen molar-refractivity contribution in [1.29, 1.82) is 0 Å². The highest BCUT2D eigenvalue weighted by molar-refractivity contribution is 5.82. The van der Waals surface area contributed by atoms with Crippen LogP contribution in [0, 0.1) is 12.7 Å². The molecule has 0 aliphatic carbocycles. The first-order valence-electron chi connectivity index (χ1n) is 11.5. The van der Waals surface area contributed by atoms with E-state index in [4.69, 9.17) is 0 Å². The van der Waals surface area contributed by atoms with E-state index in [0.29, 0.717) is 19.5 Å². The Morgan fingerprint density at radius 3 is 2.22 bits per heavy atom. The van der Waals surface area contributed by atoms with Crippen LogP contribution in [0.1, 0.15) is 36.7 Å². The summed E-state index contributed by atoms with van der Waals surface area (Å²) in [5, 5.41) is 0.